The fraction of sp³-hybridized carbons (Fsp3) is 0.429. The summed E-state index contributed by atoms with van der Waals surface area (Å²) in [4.78, 5) is 22.5. The molecule has 1 fully saturated rings. The van der Waals surface area contributed by atoms with Crippen molar-refractivity contribution in [3.8, 4) is 0 Å². The smallest absolute Gasteiger partial charge is 0.335 e. The van der Waals surface area contributed by atoms with Gasteiger partial charge in [0.15, 0.2) is 0 Å². The van der Waals surface area contributed by atoms with Crippen molar-refractivity contribution in [2.45, 2.75) is 12.0 Å². The number of methoxy groups -OCH3 is 1. The zero-order chi connectivity index (χ0) is 15.3. The molecule has 0 aromatic heterocycles. The number of nitrogens with one attached hydrogen (secondary N) is 2. The largest absolute Gasteiger partial charge is 0.478 e. The molecular weight excluding hydrogens is 276 g/mol. The molecule has 1 heterocycles. The van der Waals surface area contributed by atoms with Crippen LogP contribution in [-0.4, -0.2) is 49.6 Å². The van der Waals surface area contributed by atoms with Crippen molar-refractivity contribution >= 4 is 17.7 Å². The average Bonchev–Trinajstić information content (AvgIpc) is 2.95. The van der Waals surface area contributed by atoms with Gasteiger partial charge in [-0.3, -0.25) is 0 Å². The van der Waals surface area contributed by atoms with Gasteiger partial charge in [-0.25, -0.2) is 9.59 Å². The normalized spacial score (nSPS) is 21.0. The first kappa shape index (κ1) is 15.3. The van der Waals surface area contributed by atoms with Crippen LogP contribution in [0.15, 0.2) is 24.3 Å². The lowest BCUT2D eigenvalue weighted by Crippen LogP contribution is -2.46. The van der Waals surface area contributed by atoms with E-state index in [4.69, 9.17) is 14.6 Å². The Labute approximate surface area is 122 Å². The van der Waals surface area contributed by atoms with Gasteiger partial charge in [0.05, 0.1) is 18.7 Å². The van der Waals surface area contributed by atoms with Crippen LogP contribution in [0.2, 0.25) is 0 Å². The highest BCUT2D eigenvalue weighted by atomic mass is 16.5. The molecule has 7 heteroatoms. The van der Waals surface area contributed by atoms with Crippen molar-refractivity contribution in [3.63, 3.8) is 0 Å². The van der Waals surface area contributed by atoms with Crippen LogP contribution >= 0.6 is 0 Å². The topological polar surface area (TPSA) is 96.9 Å². The quantitative estimate of drug-likeness (QED) is 0.761. The number of hydrogen-bond donors (Lipinski definition) is 3. The minimum absolute atomic E-state index is 0.169. The molecule has 7 nitrogen and oxygen atoms in total. The van der Waals surface area contributed by atoms with E-state index in [1.54, 1.807) is 7.11 Å². The van der Waals surface area contributed by atoms with Gasteiger partial charge in [-0.1, -0.05) is 0 Å². The highest BCUT2D eigenvalue weighted by Crippen LogP contribution is 2.21. The number of anilines is 1. The molecule has 1 atom stereocenters. The van der Waals surface area contributed by atoms with Gasteiger partial charge in [0.2, 0.25) is 0 Å². The Bertz CT molecular complexity index is 509. The molecule has 114 valence electrons. The number of benzene rings is 1. The summed E-state index contributed by atoms with van der Waals surface area (Å²) in [7, 11) is 1.60. The van der Waals surface area contributed by atoms with Gasteiger partial charge in [0, 0.05) is 25.8 Å². The lowest BCUT2D eigenvalue weighted by Gasteiger charge is -2.25. The van der Waals surface area contributed by atoms with Crippen molar-refractivity contribution in [1.82, 2.24) is 5.32 Å². The SMILES string of the molecule is COC1(CNC(=O)Nc2ccc(C(=O)O)cc2)CCOC1. The Morgan fingerprint density at radius 1 is 1.38 bits per heavy atom. The maximum absolute atomic E-state index is 11.8. The van der Waals surface area contributed by atoms with E-state index < -0.39 is 11.6 Å². The summed E-state index contributed by atoms with van der Waals surface area (Å²) in [6.07, 6.45) is 0.733. The highest BCUT2D eigenvalue weighted by Gasteiger charge is 2.35. The number of hydrogen-bond acceptors (Lipinski definition) is 4. The van der Waals surface area contributed by atoms with Crippen molar-refractivity contribution in [1.29, 1.82) is 0 Å². The van der Waals surface area contributed by atoms with Crippen molar-refractivity contribution in [2.24, 2.45) is 0 Å². The molecule has 0 aliphatic carbocycles. The number of carbonyl (C=O) groups is 2. The first-order valence-corrected chi connectivity index (χ1v) is 6.56. The zero-order valence-corrected chi connectivity index (χ0v) is 11.7. The fourth-order valence-corrected chi connectivity index (χ4v) is 2.07. The molecule has 2 amide bonds. The van der Waals surface area contributed by atoms with Crippen molar-refractivity contribution in [3.05, 3.63) is 29.8 Å². The number of carboxylic acid groups (broad SMARTS) is 1. The van der Waals surface area contributed by atoms with E-state index in [1.807, 2.05) is 0 Å². The van der Waals surface area contributed by atoms with Crippen LogP contribution in [0.4, 0.5) is 10.5 Å². The Morgan fingerprint density at radius 3 is 2.62 bits per heavy atom. The van der Waals surface area contributed by atoms with Crippen LogP contribution in [0.1, 0.15) is 16.8 Å². The molecule has 0 saturated carbocycles. The second-order valence-corrected chi connectivity index (χ2v) is 4.88. The Balaban J connectivity index is 1.85. The predicted molar refractivity (Wildman–Crippen MR) is 75.6 cm³/mol. The molecule has 1 aliphatic rings. The first-order valence-electron chi connectivity index (χ1n) is 6.56. The molecule has 1 unspecified atom stereocenters. The predicted octanol–water partition coefficient (Wildman–Crippen LogP) is 1.31. The maximum Gasteiger partial charge on any atom is 0.335 e. The summed E-state index contributed by atoms with van der Waals surface area (Å²) < 4.78 is 10.7. The number of aromatic carboxylic acids is 1. The molecule has 0 spiro atoms. The third-order valence-electron chi connectivity index (χ3n) is 3.46. The molecule has 1 aliphatic heterocycles. The molecular formula is C14H18N2O5. The minimum atomic E-state index is -1.01. The summed E-state index contributed by atoms with van der Waals surface area (Å²) in [5.74, 6) is -1.01. The average molecular weight is 294 g/mol. The Kier molecular flexibility index (Phi) is 4.77. The van der Waals surface area contributed by atoms with E-state index in [0.29, 0.717) is 25.4 Å². The van der Waals surface area contributed by atoms with Gasteiger partial charge in [-0.05, 0) is 24.3 Å². The van der Waals surface area contributed by atoms with Gasteiger partial charge < -0.3 is 25.2 Å². The molecule has 1 aromatic rings. The number of ether oxygens (including phenoxy) is 2. The van der Waals surface area contributed by atoms with Gasteiger partial charge in [-0.2, -0.15) is 0 Å². The standard InChI is InChI=1S/C14H18N2O5/c1-20-14(6-7-21-9-14)8-15-13(19)16-11-4-2-10(3-5-11)12(17)18/h2-5H,6-9H2,1H3,(H,17,18)(H2,15,16,19). The van der Waals surface area contributed by atoms with Crippen molar-refractivity contribution < 1.29 is 24.2 Å². The number of urea groups is 1. The highest BCUT2D eigenvalue weighted by molar-refractivity contribution is 5.91. The summed E-state index contributed by atoms with van der Waals surface area (Å²) in [5, 5.41) is 14.2. The summed E-state index contributed by atoms with van der Waals surface area (Å²) in [6.45, 7) is 1.42. The van der Waals surface area contributed by atoms with E-state index in [2.05, 4.69) is 10.6 Å². The number of carbonyl (C=O) groups excluding carboxylic acids is 1. The maximum atomic E-state index is 11.8. The molecule has 3 N–H and O–H groups in total. The van der Waals surface area contributed by atoms with E-state index in [0.717, 1.165) is 6.42 Å². The van der Waals surface area contributed by atoms with Crippen LogP contribution in [0.3, 0.4) is 0 Å². The lowest BCUT2D eigenvalue weighted by molar-refractivity contribution is -0.0135. The lowest BCUT2D eigenvalue weighted by atomic mass is 10.0. The molecule has 0 radical (unpaired) electrons. The van der Waals surface area contributed by atoms with Crippen LogP contribution in [0, 0.1) is 0 Å². The molecule has 0 bridgehead atoms. The number of carboxylic acids is 1. The molecule has 21 heavy (non-hydrogen) atoms. The van der Waals surface area contributed by atoms with E-state index in [9.17, 15) is 9.59 Å². The third-order valence-corrected chi connectivity index (χ3v) is 3.46. The number of rotatable bonds is 5. The van der Waals surface area contributed by atoms with Gasteiger partial charge in [0.25, 0.3) is 0 Å². The van der Waals surface area contributed by atoms with Crippen LogP contribution in [0.5, 0.6) is 0 Å². The second kappa shape index (κ2) is 6.55. The molecule has 1 aromatic carbocycles. The van der Waals surface area contributed by atoms with E-state index in [1.165, 1.54) is 24.3 Å². The van der Waals surface area contributed by atoms with E-state index in [-0.39, 0.29) is 11.6 Å². The summed E-state index contributed by atoms with van der Waals surface area (Å²) in [5.41, 5.74) is 0.221. The number of amides is 2. The van der Waals surface area contributed by atoms with Gasteiger partial charge in [0.1, 0.15) is 5.60 Å². The fourth-order valence-electron chi connectivity index (χ4n) is 2.07. The van der Waals surface area contributed by atoms with Gasteiger partial charge in [-0.15, -0.1) is 0 Å². The van der Waals surface area contributed by atoms with E-state index >= 15 is 0 Å². The monoisotopic (exact) mass is 294 g/mol. The molecule has 1 saturated heterocycles. The van der Waals surface area contributed by atoms with Crippen LogP contribution < -0.4 is 10.6 Å². The second-order valence-electron chi connectivity index (χ2n) is 4.88. The third kappa shape index (κ3) is 3.93. The summed E-state index contributed by atoms with van der Waals surface area (Å²) >= 11 is 0. The van der Waals surface area contributed by atoms with Crippen LogP contribution in [0.25, 0.3) is 0 Å². The minimum Gasteiger partial charge on any atom is -0.478 e. The summed E-state index contributed by atoms with van der Waals surface area (Å²) in [6, 6.07) is 5.56. The Hall–Kier alpha value is -2.12. The zero-order valence-electron chi connectivity index (χ0n) is 11.7. The molecule has 2 rings (SSSR count). The van der Waals surface area contributed by atoms with Crippen molar-refractivity contribution in [2.75, 3.05) is 32.2 Å². The Morgan fingerprint density at radius 2 is 2.10 bits per heavy atom. The first-order chi connectivity index (χ1) is 10.0. The van der Waals surface area contributed by atoms with Gasteiger partial charge >= 0.3 is 12.0 Å². The van der Waals surface area contributed by atoms with Crippen LogP contribution in [-0.2, 0) is 9.47 Å².